The van der Waals surface area contributed by atoms with Crippen molar-refractivity contribution >= 4 is 23.4 Å². The van der Waals surface area contributed by atoms with E-state index in [0.29, 0.717) is 38.0 Å². The number of nitrogens with one attached hydrogen (secondary N) is 2. The predicted molar refractivity (Wildman–Crippen MR) is 171 cm³/mol. The van der Waals surface area contributed by atoms with Crippen molar-refractivity contribution in [2.75, 3.05) is 48.0 Å². The van der Waals surface area contributed by atoms with Crippen molar-refractivity contribution in [1.82, 2.24) is 25.3 Å². The summed E-state index contributed by atoms with van der Waals surface area (Å²) in [7, 11) is 0. The van der Waals surface area contributed by atoms with Crippen molar-refractivity contribution in [2.45, 2.75) is 73.4 Å². The van der Waals surface area contributed by atoms with E-state index in [0.717, 1.165) is 66.6 Å². The molecule has 0 radical (unpaired) electrons. The van der Waals surface area contributed by atoms with Crippen LogP contribution in [0.5, 0.6) is 0 Å². The zero-order valence-electron chi connectivity index (χ0n) is 26.5. The minimum Gasteiger partial charge on any atom is -0.377 e. The van der Waals surface area contributed by atoms with E-state index in [2.05, 4.69) is 65.0 Å². The number of morpholine rings is 1. The number of aromatic nitrogens is 4. The minimum absolute atomic E-state index is 0.190. The number of nitrogens with zero attached hydrogens (tertiary/aromatic N) is 6. The van der Waals surface area contributed by atoms with Crippen molar-refractivity contribution in [2.24, 2.45) is 11.3 Å². The molecule has 230 valence electrons. The Balaban J connectivity index is 1.34. The lowest BCUT2D eigenvalue weighted by atomic mass is 9.77. The number of carbonyl (C=O) groups excluding carboxylic acids is 1. The molecule has 1 saturated heterocycles. The molecule has 2 N–H and O–H groups in total. The van der Waals surface area contributed by atoms with Crippen LogP contribution in [0.1, 0.15) is 64.4 Å². The maximum atomic E-state index is 12.6. The van der Waals surface area contributed by atoms with Crippen molar-refractivity contribution < 1.29 is 9.53 Å². The number of hydrogen-bond acceptors (Lipinski definition) is 8. The number of aryl methyl sites for hydroxylation is 1. The summed E-state index contributed by atoms with van der Waals surface area (Å²) in [5, 5.41) is 5.98. The Kier molecular flexibility index (Phi) is 9.44. The maximum Gasteiger partial charge on any atom is 0.319 e. The molecule has 3 aromatic rings. The number of anilines is 3. The molecule has 2 atom stereocenters. The molecule has 2 amide bonds. The van der Waals surface area contributed by atoms with E-state index in [-0.39, 0.29) is 17.5 Å². The smallest absolute Gasteiger partial charge is 0.319 e. The highest BCUT2D eigenvalue weighted by Crippen LogP contribution is 2.33. The first-order valence-corrected chi connectivity index (χ1v) is 15.6. The van der Waals surface area contributed by atoms with E-state index >= 15 is 0 Å². The van der Waals surface area contributed by atoms with Crippen molar-refractivity contribution in [3.8, 4) is 11.4 Å². The van der Waals surface area contributed by atoms with Crippen LogP contribution in [0.3, 0.4) is 0 Å². The molecule has 0 saturated carbocycles. The van der Waals surface area contributed by atoms with Crippen LogP contribution in [0.15, 0.2) is 36.7 Å². The highest BCUT2D eigenvalue weighted by molar-refractivity contribution is 5.89. The second-order valence-corrected chi connectivity index (χ2v) is 12.8. The molecule has 2 aliphatic rings. The van der Waals surface area contributed by atoms with E-state index in [1.807, 2.05) is 37.3 Å². The van der Waals surface area contributed by atoms with Gasteiger partial charge in [0.05, 0.1) is 31.5 Å². The Labute approximate surface area is 255 Å². The number of amides is 2. The van der Waals surface area contributed by atoms with E-state index in [1.165, 1.54) is 5.56 Å². The fourth-order valence-corrected chi connectivity index (χ4v) is 6.12. The van der Waals surface area contributed by atoms with Crippen LogP contribution in [0.2, 0.25) is 0 Å². The number of benzene rings is 1. The average Bonchev–Trinajstić information content (AvgIpc) is 2.98. The first-order chi connectivity index (χ1) is 20.6. The number of rotatable bonds is 8. The van der Waals surface area contributed by atoms with Gasteiger partial charge in [-0.25, -0.2) is 24.7 Å². The number of carbonyl (C=O) groups is 1. The molecule has 2 aromatic heterocycles. The summed E-state index contributed by atoms with van der Waals surface area (Å²) < 4.78 is 5.73. The van der Waals surface area contributed by atoms with Crippen molar-refractivity contribution in [1.29, 1.82) is 0 Å². The number of hydrogen-bond donors (Lipinski definition) is 2. The van der Waals surface area contributed by atoms with Gasteiger partial charge < -0.3 is 25.2 Å². The van der Waals surface area contributed by atoms with Crippen LogP contribution >= 0.6 is 0 Å². The van der Waals surface area contributed by atoms with Crippen LogP contribution in [0, 0.1) is 18.3 Å². The highest BCUT2D eigenvalue weighted by atomic mass is 16.5. The summed E-state index contributed by atoms with van der Waals surface area (Å²) in [6, 6.07) is 9.83. The predicted octanol–water partition coefficient (Wildman–Crippen LogP) is 5.61. The molecule has 0 spiro atoms. The van der Waals surface area contributed by atoms with Gasteiger partial charge in [-0.05, 0) is 62.3 Å². The maximum absolute atomic E-state index is 12.6. The Bertz CT molecular complexity index is 1410. The summed E-state index contributed by atoms with van der Waals surface area (Å²) in [5.74, 6) is 3.15. The Morgan fingerprint density at radius 2 is 1.93 bits per heavy atom. The lowest BCUT2D eigenvalue weighted by Gasteiger charge is -2.38. The number of ether oxygens (including phenoxy) is 1. The van der Waals surface area contributed by atoms with E-state index in [1.54, 1.807) is 6.33 Å². The Morgan fingerprint density at radius 1 is 1.14 bits per heavy atom. The third-order valence-corrected chi connectivity index (χ3v) is 8.69. The van der Waals surface area contributed by atoms with Gasteiger partial charge in [0.1, 0.15) is 18.0 Å². The van der Waals surface area contributed by atoms with E-state index in [9.17, 15) is 4.79 Å². The van der Waals surface area contributed by atoms with Gasteiger partial charge in [0.15, 0.2) is 5.82 Å². The molecule has 5 rings (SSSR count). The Morgan fingerprint density at radius 3 is 2.63 bits per heavy atom. The minimum atomic E-state index is -0.190. The SMILES string of the molecule is CCC(CCNC(=O)Nc1ccc(-c2nc3c(c(N4CCOCC4C)n2)CCN(c2cc(C)ncn2)C3)cc1)C(C)(C)C. The lowest BCUT2D eigenvalue weighted by molar-refractivity contribution is 0.0984. The zero-order valence-corrected chi connectivity index (χ0v) is 26.5. The first-order valence-electron chi connectivity index (χ1n) is 15.6. The lowest BCUT2D eigenvalue weighted by Crippen LogP contribution is -2.45. The fraction of sp³-hybridized carbons (Fsp3) is 0.545. The molecule has 2 unspecified atom stereocenters. The largest absolute Gasteiger partial charge is 0.377 e. The summed E-state index contributed by atoms with van der Waals surface area (Å²) in [6.45, 7) is 17.5. The van der Waals surface area contributed by atoms with E-state index in [4.69, 9.17) is 14.7 Å². The molecular weight excluding hydrogens is 540 g/mol. The van der Waals surface area contributed by atoms with Crippen LogP contribution in [0.25, 0.3) is 11.4 Å². The number of urea groups is 1. The Hall–Kier alpha value is -3.79. The van der Waals surface area contributed by atoms with Crippen LogP contribution in [0.4, 0.5) is 22.1 Å². The molecule has 0 aliphatic carbocycles. The van der Waals surface area contributed by atoms with Gasteiger partial charge >= 0.3 is 6.03 Å². The molecule has 4 heterocycles. The van der Waals surface area contributed by atoms with Gasteiger partial charge in [-0.1, -0.05) is 34.1 Å². The molecular formula is C33H46N8O2. The van der Waals surface area contributed by atoms with Crippen LogP contribution in [-0.4, -0.2) is 64.9 Å². The zero-order chi connectivity index (χ0) is 30.6. The second-order valence-electron chi connectivity index (χ2n) is 12.8. The molecule has 1 fully saturated rings. The second kappa shape index (κ2) is 13.2. The van der Waals surface area contributed by atoms with Gasteiger partial charge in [-0.3, -0.25) is 0 Å². The van der Waals surface area contributed by atoms with Gasteiger partial charge in [-0.2, -0.15) is 0 Å². The van der Waals surface area contributed by atoms with Crippen molar-refractivity contribution in [3.63, 3.8) is 0 Å². The topological polar surface area (TPSA) is 108 Å². The first kappa shape index (κ1) is 30.7. The summed E-state index contributed by atoms with van der Waals surface area (Å²) in [5.41, 5.74) is 5.03. The highest BCUT2D eigenvalue weighted by Gasteiger charge is 2.29. The van der Waals surface area contributed by atoms with Gasteiger partial charge in [0.2, 0.25) is 0 Å². The number of fused-ring (bicyclic) bond motifs is 1. The molecule has 2 aliphatic heterocycles. The standard InChI is InChI=1S/C33H46N8O2/c1-7-25(33(4,5)6)12-14-34-32(42)37-26-10-8-24(9-11-26)30-38-28-19-40(29-18-22(2)35-21-36-29)15-13-27(28)31(39-30)41-16-17-43-20-23(41)3/h8-11,18,21,23,25H,7,12-17,19-20H2,1-6H3,(H2,34,37,42). The summed E-state index contributed by atoms with van der Waals surface area (Å²) >= 11 is 0. The third-order valence-electron chi connectivity index (χ3n) is 8.69. The summed E-state index contributed by atoms with van der Waals surface area (Å²) in [4.78, 5) is 36.2. The summed E-state index contributed by atoms with van der Waals surface area (Å²) in [6.07, 6.45) is 4.52. The van der Waals surface area contributed by atoms with Crippen LogP contribution in [-0.2, 0) is 17.7 Å². The average molecular weight is 587 g/mol. The third kappa shape index (κ3) is 7.41. The molecule has 10 heteroatoms. The van der Waals surface area contributed by atoms with Gasteiger partial charge in [0, 0.05) is 48.2 Å². The molecule has 10 nitrogen and oxygen atoms in total. The monoisotopic (exact) mass is 586 g/mol. The molecule has 0 bridgehead atoms. The quantitative estimate of drug-likeness (QED) is 0.351. The van der Waals surface area contributed by atoms with Crippen molar-refractivity contribution in [3.05, 3.63) is 53.6 Å². The van der Waals surface area contributed by atoms with Gasteiger partial charge in [0.25, 0.3) is 0 Å². The fourth-order valence-electron chi connectivity index (χ4n) is 6.12. The molecule has 1 aromatic carbocycles. The molecule has 43 heavy (non-hydrogen) atoms. The van der Waals surface area contributed by atoms with E-state index < -0.39 is 0 Å². The van der Waals surface area contributed by atoms with Gasteiger partial charge in [-0.15, -0.1) is 0 Å². The normalized spacial score (nSPS) is 17.8. The van der Waals surface area contributed by atoms with Crippen LogP contribution < -0.4 is 20.4 Å².